The van der Waals surface area contributed by atoms with Crippen molar-refractivity contribution in [3.63, 3.8) is 0 Å². The van der Waals surface area contributed by atoms with Gasteiger partial charge in [0.1, 0.15) is 5.84 Å². The average molecular weight is 113 g/mol. The van der Waals surface area contributed by atoms with Crippen LogP contribution < -0.4 is 5.32 Å². The Labute approximate surface area is 49.2 Å². The molecule has 0 bridgehead atoms. The second-order valence-corrected chi connectivity index (χ2v) is 2.14. The predicted octanol–water partition coefficient (Wildman–Crippen LogP) is -0.501. The molecule has 0 aromatic heterocycles. The Morgan fingerprint density at radius 1 is 1.75 bits per heavy atom. The van der Waals surface area contributed by atoms with E-state index >= 15 is 0 Å². The number of amidine groups is 1. The highest BCUT2D eigenvalue weighted by atomic mass is 15.2. The van der Waals surface area contributed by atoms with Crippen molar-refractivity contribution < 1.29 is 0 Å². The third kappa shape index (κ3) is 1.20. The molecule has 1 rings (SSSR count). The van der Waals surface area contributed by atoms with Crippen LogP contribution in [0.15, 0.2) is 0 Å². The van der Waals surface area contributed by atoms with Gasteiger partial charge in [0.25, 0.3) is 0 Å². The van der Waals surface area contributed by atoms with Crippen molar-refractivity contribution in [3.8, 4) is 0 Å². The summed E-state index contributed by atoms with van der Waals surface area (Å²) >= 11 is 0. The first-order valence-corrected chi connectivity index (χ1v) is 2.79. The Morgan fingerprint density at radius 3 is 2.88 bits per heavy atom. The molecule has 1 heterocycles. The van der Waals surface area contributed by atoms with Gasteiger partial charge in [0.2, 0.25) is 0 Å². The molecule has 0 radical (unpaired) electrons. The summed E-state index contributed by atoms with van der Waals surface area (Å²) in [6, 6.07) is 0. The van der Waals surface area contributed by atoms with Gasteiger partial charge in [-0.05, 0) is 7.05 Å². The molecular formula is C5H11N3. The van der Waals surface area contributed by atoms with Crippen LogP contribution in [0.3, 0.4) is 0 Å². The van der Waals surface area contributed by atoms with Crippen molar-refractivity contribution in [2.24, 2.45) is 0 Å². The molecule has 0 saturated carbocycles. The van der Waals surface area contributed by atoms with E-state index in [9.17, 15) is 0 Å². The molecule has 8 heavy (non-hydrogen) atoms. The molecule has 2 N–H and O–H groups in total. The van der Waals surface area contributed by atoms with Crippen molar-refractivity contribution in [2.75, 3.05) is 26.7 Å². The lowest BCUT2D eigenvalue weighted by molar-refractivity contribution is 0.358. The normalized spacial score (nSPS) is 22.9. The summed E-state index contributed by atoms with van der Waals surface area (Å²) in [5.41, 5.74) is 0. The zero-order valence-corrected chi connectivity index (χ0v) is 5.07. The minimum Gasteiger partial charge on any atom is -0.372 e. The first-order valence-electron chi connectivity index (χ1n) is 2.79. The zero-order valence-electron chi connectivity index (χ0n) is 5.07. The van der Waals surface area contributed by atoms with Crippen LogP contribution in [0.5, 0.6) is 0 Å². The maximum Gasteiger partial charge on any atom is 0.108 e. The van der Waals surface area contributed by atoms with Gasteiger partial charge in [0.15, 0.2) is 0 Å². The average Bonchev–Trinajstić information content (AvgIpc) is 1.64. The van der Waals surface area contributed by atoms with E-state index in [4.69, 9.17) is 5.41 Å². The summed E-state index contributed by atoms with van der Waals surface area (Å²) in [5.74, 6) is 0.638. The van der Waals surface area contributed by atoms with Crippen LogP contribution in [-0.4, -0.2) is 37.4 Å². The van der Waals surface area contributed by atoms with Gasteiger partial charge >= 0.3 is 0 Å². The number of hydrogen-bond acceptors (Lipinski definition) is 2. The topological polar surface area (TPSA) is 39.1 Å². The Kier molecular flexibility index (Phi) is 1.48. The van der Waals surface area contributed by atoms with Gasteiger partial charge in [-0.2, -0.15) is 0 Å². The SMILES string of the molecule is CN1CCNC(=N)C1. The largest absolute Gasteiger partial charge is 0.372 e. The molecule has 0 aromatic rings. The van der Waals surface area contributed by atoms with Crippen LogP contribution in [0.4, 0.5) is 0 Å². The highest BCUT2D eigenvalue weighted by Crippen LogP contribution is 1.85. The Bertz CT molecular complexity index is 99.8. The molecule has 46 valence electrons. The summed E-state index contributed by atoms with van der Waals surface area (Å²) in [6.45, 7) is 2.76. The lowest BCUT2D eigenvalue weighted by atomic mass is 10.4. The predicted molar refractivity (Wildman–Crippen MR) is 33.2 cm³/mol. The maximum atomic E-state index is 7.17. The molecular weight excluding hydrogens is 102 g/mol. The third-order valence-corrected chi connectivity index (χ3v) is 1.26. The quantitative estimate of drug-likeness (QED) is 0.444. The van der Waals surface area contributed by atoms with Crippen molar-refractivity contribution in [2.45, 2.75) is 0 Å². The van der Waals surface area contributed by atoms with Crippen LogP contribution in [0.1, 0.15) is 0 Å². The van der Waals surface area contributed by atoms with Crippen LogP contribution in [0, 0.1) is 5.41 Å². The van der Waals surface area contributed by atoms with Gasteiger partial charge in [-0.25, -0.2) is 0 Å². The van der Waals surface area contributed by atoms with Gasteiger partial charge in [-0.3, -0.25) is 10.3 Å². The van der Waals surface area contributed by atoms with E-state index in [0.29, 0.717) is 5.84 Å². The van der Waals surface area contributed by atoms with Crippen molar-refractivity contribution >= 4 is 5.84 Å². The molecule has 3 heteroatoms. The fourth-order valence-electron chi connectivity index (χ4n) is 0.803. The van der Waals surface area contributed by atoms with Crippen molar-refractivity contribution in [3.05, 3.63) is 0 Å². The van der Waals surface area contributed by atoms with Gasteiger partial charge in [0.05, 0.1) is 6.54 Å². The molecule has 3 nitrogen and oxygen atoms in total. The Hall–Kier alpha value is -0.570. The highest BCUT2D eigenvalue weighted by Gasteiger charge is 2.06. The monoisotopic (exact) mass is 113 g/mol. The zero-order chi connectivity index (χ0) is 5.98. The lowest BCUT2D eigenvalue weighted by Crippen LogP contribution is -2.45. The van der Waals surface area contributed by atoms with Crippen LogP contribution >= 0.6 is 0 Å². The molecule has 1 saturated heterocycles. The van der Waals surface area contributed by atoms with Gasteiger partial charge in [0, 0.05) is 13.1 Å². The van der Waals surface area contributed by atoms with E-state index < -0.39 is 0 Å². The second-order valence-electron chi connectivity index (χ2n) is 2.14. The van der Waals surface area contributed by atoms with E-state index in [1.807, 2.05) is 7.05 Å². The van der Waals surface area contributed by atoms with Crippen LogP contribution in [0.25, 0.3) is 0 Å². The standard InChI is InChI=1S/C5H11N3/c1-8-3-2-7-5(6)4-8/h2-4H2,1H3,(H2,6,7). The number of nitrogens with zero attached hydrogens (tertiary/aromatic N) is 1. The minimum absolute atomic E-state index is 0.638. The van der Waals surface area contributed by atoms with Crippen LogP contribution in [0.2, 0.25) is 0 Å². The molecule has 0 aliphatic carbocycles. The van der Waals surface area contributed by atoms with Gasteiger partial charge in [-0.15, -0.1) is 0 Å². The smallest absolute Gasteiger partial charge is 0.108 e. The van der Waals surface area contributed by atoms with E-state index in [2.05, 4.69) is 10.2 Å². The first-order chi connectivity index (χ1) is 3.79. The van der Waals surface area contributed by atoms with E-state index in [-0.39, 0.29) is 0 Å². The fraction of sp³-hybridized carbons (Fsp3) is 0.800. The number of rotatable bonds is 0. The lowest BCUT2D eigenvalue weighted by Gasteiger charge is -2.23. The molecule has 1 aliphatic rings. The molecule has 1 aliphatic heterocycles. The summed E-state index contributed by atoms with van der Waals surface area (Å²) in [6.07, 6.45) is 0. The van der Waals surface area contributed by atoms with Crippen molar-refractivity contribution in [1.82, 2.24) is 10.2 Å². The minimum atomic E-state index is 0.638. The van der Waals surface area contributed by atoms with Gasteiger partial charge < -0.3 is 5.32 Å². The molecule has 0 amide bonds. The Morgan fingerprint density at radius 2 is 2.50 bits per heavy atom. The molecule has 0 aromatic carbocycles. The number of hydrogen-bond donors (Lipinski definition) is 2. The van der Waals surface area contributed by atoms with E-state index in [1.54, 1.807) is 0 Å². The summed E-state index contributed by atoms with van der Waals surface area (Å²) in [5, 5.41) is 10.1. The summed E-state index contributed by atoms with van der Waals surface area (Å²) < 4.78 is 0. The molecule has 0 spiro atoms. The van der Waals surface area contributed by atoms with Gasteiger partial charge in [-0.1, -0.05) is 0 Å². The third-order valence-electron chi connectivity index (χ3n) is 1.26. The maximum absolute atomic E-state index is 7.17. The van der Waals surface area contributed by atoms with E-state index in [1.165, 1.54) is 0 Å². The highest BCUT2D eigenvalue weighted by molar-refractivity contribution is 5.81. The first kappa shape index (κ1) is 5.56. The molecule has 0 unspecified atom stereocenters. The number of likely N-dealkylation sites (N-methyl/N-ethyl adjacent to an activating group) is 1. The summed E-state index contributed by atoms with van der Waals surface area (Å²) in [4.78, 5) is 2.12. The fourth-order valence-corrected chi connectivity index (χ4v) is 0.803. The molecule has 1 fully saturated rings. The number of nitrogens with one attached hydrogen (secondary N) is 2. The van der Waals surface area contributed by atoms with E-state index in [0.717, 1.165) is 19.6 Å². The van der Waals surface area contributed by atoms with Crippen molar-refractivity contribution in [1.29, 1.82) is 5.41 Å². The molecule has 0 atom stereocenters. The second kappa shape index (κ2) is 2.13. The summed E-state index contributed by atoms with van der Waals surface area (Å²) in [7, 11) is 2.02. The number of piperazine rings is 1. The van der Waals surface area contributed by atoms with Crippen LogP contribution in [-0.2, 0) is 0 Å². The Balaban J connectivity index is 2.34.